The van der Waals surface area contributed by atoms with Crippen molar-refractivity contribution in [1.82, 2.24) is 9.91 Å². The molecule has 1 aromatic carbocycles. The second-order valence-corrected chi connectivity index (χ2v) is 7.91. The van der Waals surface area contributed by atoms with Crippen LogP contribution in [0.4, 0.5) is 0 Å². The predicted molar refractivity (Wildman–Crippen MR) is 100 cm³/mol. The highest BCUT2D eigenvalue weighted by atomic mass is 16.2. The van der Waals surface area contributed by atoms with Gasteiger partial charge >= 0.3 is 0 Å². The number of nitrogens with zero attached hydrogens (tertiary/aromatic N) is 3. The highest BCUT2D eigenvalue weighted by Gasteiger charge is 2.41. The molecule has 0 unspecified atom stereocenters. The molecule has 0 aromatic heterocycles. The Morgan fingerprint density at radius 1 is 0.960 bits per heavy atom. The average molecular weight is 339 g/mol. The van der Waals surface area contributed by atoms with E-state index in [1.165, 1.54) is 43.2 Å². The fourth-order valence-corrected chi connectivity index (χ4v) is 4.59. The van der Waals surface area contributed by atoms with E-state index in [9.17, 15) is 4.79 Å². The number of hydrazone groups is 1. The first-order valence-electron chi connectivity index (χ1n) is 9.91. The van der Waals surface area contributed by atoms with Crippen LogP contribution in [0.25, 0.3) is 0 Å². The summed E-state index contributed by atoms with van der Waals surface area (Å²) in [6.45, 7) is 4.96. The molecule has 2 aliphatic heterocycles. The number of hydrogen-bond donors (Lipinski definition) is 0. The Labute approximate surface area is 150 Å². The van der Waals surface area contributed by atoms with Crippen LogP contribution in [0.15, 0.2) is 29.4 Å². The van der Waals surface area contributed by atoms with Gasteiger partial charge in [-0.05, 0) is 51.3 Å². The van der Waals surface area contributed by atoms with Gasteiger partial charge in [-0.25, -0.2) is 5.01 Å². The maximum Gasteiger partial charge on any atom is 0.247 e. The normalized spacial score (nSPS) is 27.8. The van der Waals surface area contributed by atoms with Crippen LogP contribution in [0, 0.1) is 18.8 Å². The van der Waals surface area contributed by atoms with Crippen LogP contribution in [-0.4, -0.2) is 41.3 Å². The number of hydrogen-bond acceptors (Lipinski definition) is 3. The monoisotopic (exact) mass is 339 g/mol. The van der Waals surface area contributed by atoms with Crippen molar-refractivity contribution in [3.8, 4) is 0 Å². The Kier molecular flexibility index (Phi) is 4.89. The van der Waals surface area contributed by atoms with Crippen LogP contribution >= 0.6 is 0 Å². The lowest BCUT2D eigenvalue weighted by Gasteiger charge is -2.40. The van der Waals surface area contributed by atoms with Crippen molar-refractivity contribution >= 4 is 11.6 Å². The van der Waals surface area contributed by atoms with Crippen molar-refractivity contribution in [2.75, 3.05) is 19.8 Å². The zero-order valence-corrected chi connectivity index (χ0v) is 15.3. The van der Waals surface area contributed by atoms with Gasteiger partial charge in [0.15, 0.2) is 0 Å². The summed E-state index contributed by atoms with van der Waals surface area (Å²) in [7, 11) is 0. The van der Waals surface area contributed by atoms with Crippen LogP contribution in [0.5, 0.6) is 0 Å². The molecule has 134 valence electrons. The van der Waals surface area contributed by atoms with Crippen molar-refractivity contribution in [2.45, 2.75) is 51.9 Å². The molecule has 1 amide bonds. The largest absolute Gasteiger partial charge is 0.284 e. The lowest BCUT2D eigenvalue weighted by molar-refractivity contribution is -0.141. The molecule has 4 rings (SSSR count). The minimum atomic E-state index is 0.132. The summed E-state index contributed by atoms with van der Waals surface area (Å²) in [5, 5.41) is 6.68. The Morgan fingerprint density at radius 2 is 1.64 bits per heavy atom. The number of piperidine rings is 1. The van der Waals surface area contributed by atoms with Crippen molar-refractivity contribution in [3.63, 3.8) is 0 Å². The molecule has 4 heteroatoms. The van der Waals surface area contributed by atoms with E-state index in [-0.39, 0.29) is 11.8 Å². The second kappa shape index (κ2) is 7.28. The molecule has 25 heavy (non-hydrogen) atoms. The topological polar surface area (TPSA) is 35.9 Å². The van der Waals surface area contributed by atoms with Gasteiger partial charge in [0.05, 0.1) is 12.4 Å². The van der Waals surface area contributed by atoms with Crippen LogP contribution in [0.2, 0.25) is 0 Å². The first-order valence-corrected chi connectivity index (χ1v) is 9.91. The summed E-state index contributed by atoms with van der Waals surface area (Å²) in [6, 6.07) is 8.66. The molecule has 2 fully saturated rings. The summed E-state index contributed by atoms with van der Waals surface area (Å²) < 4.78 is 0. The van der Waals surface area contributed by atoms with Gasteiger partial charge in [0.2, 0.25) is 5.91 Å². The number of fused-ring (bicyclic) bond motifs is 1. The van der Waals surface area contributed by atoms with E-state index >= 15 is 0 Å². The van der Waals surface area contributed by atoms with Crippen LogP contribution in [0.1, 0.15) is 56.1 Å². The Bertz CT molecular complexity index is 646. The molecule has 2 atom stereocenters. The van der Waals surface area contributed by atoms with Crippen LogP contribution in [0.3, 0.4) is 0 Å². The van der Waals surface area contributed by atoms with E-state index < -0.39 is 0 Å². The van der Waals surface area contributed by atoms with Gasteiger partial charge in [-0.3, -0.25) is 9.69 Å². The number of carbonyl (C=O) groups excluding carboxylic acids is 1. The lowest BCUT2D eigenvalue weighted by Crippen LogP contribution is -2.50. The zero-order chi connectivity index (χ0) is 17.2. The van der Waals surface area contributed by atoms with Crippen molar-refractivity contribution < 1.29 is 4.79 Å². The predicted octanol–water partition coefficient (Wildman–Crippen LogP) is 3.79. The highest BCUT2D eigenvalue weighted by Crippen LogP contribution is 2.37. The molecule has 0 radical (unpaired) electrons. The number of amides is 1. The summed E-state index contributed by atoms with van der Waals surface area (Å²) in [5.74, 6) is 0.694. The SMILES string of the molecule is Cc1ccc(C2=NN(CN3CCCCC3)C(=O)[C@@H]3CCCC[C@H]23)cc1. The molecule has 4 nitrogen and oxygen atoms in total. The van der Waals surface area contributed by atoms with Gasteiger partial charge in [0, 0.05) is 11.8 Å². The van der Waals surface area contributed by atoms with Crippen molar-refractivity contribution in [3.05, 3.63) is 35.4 Å². The number of benzene rings is 1. The third-order valence-corrected chi connectivity index (χ3v) is 6.05. The van der Waals surface area contributed by atoms with Gasteiger partial charge in [-0.2, -0.15) is 5.10 Å². The average Bonchev–Trinajstić information content (AvgIpc) is 2.66. The van der Waals surface area contributed by atoms with E-state index in [4.69, 9.17) is 5.10 Å². The molecular formula is C21H29N3O. The minimum absolute atomic E-state index is 0.132. The summed E-state index contributed by atoms with van der Waals surface area (Å²) >= 11 is 0. The third kappa shape index (κ3) is 3.50. The van der Waals surface area contributed by atoms with Gasteiger partial charge in [0.25, 0.3) is 0 Å². The van der Waals surface area contributed by atoms with E-state index in [1.807, 2.05) is 0 Å². The Morgan fingerprint density at radius 3 is 2.36 bits per heavy atom. The van der Waals surface area contributed by atoms with Gasteiger partial charge in [-0.1, -0.05) is 49.1 Å². The Hall–Kier alpha value is -1.68. The second-order valence-electron chi connectivity index (χ2n) is 7.91. The van der Waals surface area contributed by atoms with Gasteiger partial charge in [0.1, 0.15) is 0 Å². The summed E-state index contributed by atoms with van der Waals surface area (Å²) in [6.07, 6.45) is 8.29. The van der Waals surface area contributed by atoms with Crippen LogP contribution < -0.4 is 0 Å². The van der Waals surface area contributed by atoms with Crippen molar-refractivity contribution in [2.24, 2.45) is 16.9 Å². The van der Waals surface area contributed by atoms with Crippen LogP contribution in [-0.2, 0) is 4.79 Å². The van der Waals surface area contributed by atoms with Gasteiger partial charge in [-0.15, -0.1) is 0 Å². The molecule has 2 heterocycles. The number of rotatable bonds is 3. The smallest absolute Gasteiger partial charge is 0.247 e. The molecule has 1 aliphatic carbocycles. The lowest BCUT2D eigenvalue weighted by atomic mass is 9.73. The molecule has 1 saturated heterocycles. The van der Waals surface area contributed by atoms with E-state index in [1.54, 1.807) is 5.01 Å². The van der Waals surface area contributed by atoms with E-state index in [0.717, 1.165) is 31.6 Å². The number of likely N-dealkylation sites (tertiary alicyclic amines) is 1. The molecular weight excluding hydrogens is 310 g/mol. The van der Waals surface area contributed by atoms with E-state index in [2.05, 4.69) is 36.1 Å². The molecule has 3 aliphatic rings. The summed E-state index contributed by atoms with van der Waals surface area (Å²) in [5.41, 5.74) is 3.60. The number of aryl methyl sites for hydroxylation is 1. The maximum absolute atomic E-state index is 13.1. The fourth-order valence-electron chi connectivity index (χ4n) is 4.59. The fraction of sp³-hybridized carbons (Fsp3) is 0.619. The summed E-state index contributed by atoms with van der Waals surface area (Å²) in [4.78, 5) is 15.4. The standard InChI is InChI=1S/C21H29N3O/c1-16-9-11-17(12-10-16)20-18-7-3-4-8-19(18)21(25)24(22-20)15-23-13-5-2-6-14-23/h9-12,18-19H,2-8,13-15H2,1H3/t18-,19+/m0/s1. The number of carbonyl (C=O) groups is 1. The van der Waals surface area contributed by atoms with Crippen molar-refractivity contribution in [1.29, 1.82) is 0 Å². The third-order valence-electron chi connectivity index (χ3n) is 6.05. The maximum atomic E-state index is 13.1. The first-order chi connectivity index (χ1) is 12.2. The highest BCUT2D eigenvalue weighted by molar-refractivity contribution is 6.06. The molecule has 0 bridgehead atoms. The zero-order valence-electron chi connectivity index (χ0n) is 15.3. The molecule has 1 saturated carbocycles. The minimum Gasteiger partial charge on any atom is -0.284 e. The first kappa shape index (κ1) is 16.8. The molecule has 1 aromatic rings. The van der Waals surface area contributed by atoms with E-state index in [0.29, 0.717) is 12.6 Å². The molecule has 0 N–H and O–H groups in total. The quantitative estimate of drug-likeness (QED) is 0.840. The molecule has 0 spiro atoms. The Balaban J connectivity index is 1.64. The van der Waals surface area contributed by atoms with Gasteiger partial charge < -0.3 is 0 Å².